The molecule has 0 aliphatic heterocycles. The predicted molar refractivity (Wildman–Crippen MR) is 55.2 cm³/mol. The molecule has 66 valence electrons. The molecule has 0 bridgehead atoms. The van der Waals surface area contributed by atoms with Crippen molar-refractivity contribution in [2.24, 2.45) is 0 Å². The van der Waals surface area contributed by atoms with Gasteiger partial charge in [-0.15, -0.1) is 0 Å². The molecule has 0 saturated heterocycles. The van der Waals surface area contributed by atoms with Crippen LogP contribution >= 0.6 is 22.6 Å². The first kappa shape index (κ1) is 9.99. The highest BCUT2D eigenvalue weighted by molar-refractivity contribution is 14.1. The Labute approximate surface area is 89.5 Å². The van der Waals surface area contributed by atoms with Crippen molar-refractivity contribution < 1.29 is 9.53 Å². The Morgan fingerprint density at radius 2 is 2.31 bits per heavy atom. The van der Waals surface area contributed by atoms with E-state index in [0.29, 0.717) is 11.1 Å². The topological polar surface area (TPSA) is 50.1 Å². The number of carbonyl (C=O) groups is 1. The number of nitrogens with zero attached hydrogens (tertiary/aromatic N) is 1. The Bertz CT molecular complexity index is 382. The lowest BCUT2D eigenvalue weighted by Crippen LogP contribution is -2.01. The number of halogens is 1. The zero-order valence-electron chi connectivity index (χ0n) is 6.87. The summed E-state index contributed by atoms with van der Waals surface area (Å²) in [6, 6.07) is 6.83. The molecule has 13 heavy (non-hydrogen) atoms. The number of hydrogen-bond acceptors (Lipinski definition) is 3. The normalized spacial score (nSPS) is 9.00. The fourth-order valence-electron chi connectivity index (χ4n) is 0.851. The third-order valence-corrected chi connectivity index (χ3v) is 2.40. The van der Waals surface area contributed by atoms with Crippen LogP contribution in [0.3, 0.4) is 0 Å². The Kier molecular flexibility index (Phi) is 3.25. The lowest BCUT2D eigenvalue weighted by Gasteiger charge is -2.00. The van der Waals surface area contributed by atoms with Gasteiger partial charge in [-0.3, -0.25) is 0 Å². The third kappa shape index (κ3) is 2.18. The van der Waals surface area contributed by atoms with Gasteiger partial charge in [0, 0.05) is 3.57 Å². The lowest BCUT2D eigenvalue weighted by molar-refractivity contribution is 0.0600. The average Bonchev–Trinajstić information content (AvgIpc) is 2.16. The van der Waals surface area contributed by atoms with Gasteiger partial charge in [0.1, 0.15) is 6.07 Å². The summed E-state index contributed by atoms with van der Waals surface area (Å²) in [4.78, 5) is 11.1. The number of hydrogen-bond donors (Lipinski definition) is 0. The van der Waals surface area contributed by atoms with Crippen molar-refractivity contribution in [2.45, 2.75) is 0 Å². The molecule has 0 unspecified atom stereocenters. The van der Waals surface area contributed by atoms with Crippen LogP contribution < -0.4 is 0 Å². The number of benzene rings is 1. The van der Waals surface area contributed by atoms with E-state index >= 15 is 0 Å². The van der Waals surface area contributed by atoms with Crippen LogP contribution in [0.4, 0.5) is 0 Å². The van der Waals surface area contributed by atoms with E-state index in [1.807, 2.05) is 28.7 Å². The highest BCUT2D eigenvalue weighted by Gasteiger charge is 2.07. The monoisotopic (exact) mass is 287 g/mol. The first-order valence-electron chi connectivity index (χ1n) is 3.47. The summed E-state index contributed by atoms with van der Waals surface area (Å²) in [7, 11) is 1.33. The van der Waals surface area contributed by atoms with Crippen molar-refractivity contribution in [1.29, 1.82) is 5.26 Å². The van der Waals surface area contributed by atoms with Gasteiger partial charge in [0.2, 0.25) is 0 Å². The standard InChI is InChI=1S/C9H6INO2/c1-13-9(12)6-2-3-7(5-11)8(10)4-6/h2-4H,1H3. The molecule has 3 nitrogen and oxygen atoms in total. The van der Waals surface area contributed by atoms with Crippen LogP contribution in [-0.2, 0) is 4.74 Å². The van der Waals surface area contributed by atoms with E-state index in [9.17, 15) is 4.79 Å². The highest BCUT2D eigenvalue weighted by Crippen LogP contribution is 2.14. The minimum Gasteiger partial charge on any atom is -0.465 e. The van der Waals surface area contributed by atoms with Gasteiger partial charge in [0.25, 0.3) is 0 Å². The number of rotatable bonds is 1. The van der Waals surface area contributed by atoms with E-state index in [1.54, 1.807) is 18.2 Å². The molecule has 1 rings (SSSR count). The van der Waals surface area contributed by atoms with Crippen LogP contribution in [0.25, 0.3) is 0 Å². The summed E-state index contributed by atoms with van der Waals surface area (Å²) in [6.45, 7) is 0. The molecule has 1 aromatic carbocycles. The van der Waals surface area contributed by atoms with Gasteiger partial charge in [-0.05, 0) is 40.8 Å². The molecule has 0 aliphatic rings. The average molecular weight is 287 g/mol. The van der Waals surface area contributed by atoms with Crippen molar-refractivity contribution in [3.05, 3.63) is 32.9 Å². The first-order chi connectivity index (χ1) is 6.19. The van der Waals surface area contributed by atoms with E-state index in [2.05, 4.69) is 4.74 Å². The number of methoxy groups -OCH3 is 1. The molecule has 0 fully saturated rings. The molecule has 0 saturated carbocycles. The van der Waals surface area contributed by atoms with Crippen molar-refractivity contribution in [2.75, 3.05) is 7.11 Å². The van der Waals surface area contributed by atoms with E-state index in [0.717, 1.165) is 3.57 Å². The molecule has 0 amide bonds. The minimum absolute atomic E-state index is 0.387. The zero-order valence-corrected chi connectivity index (χ0v) is 9.03. The Balaban J connectivity index is 3.11. The molecule has 0 N–H and O–H groups in total. The van der Waals surface area contributed by atoms with Crippen molar-refractivity contribution in [1.82, 2.24) is 0 Å². The minimum atomic E-state index is -0.387. The van der Waals surface area contributed by atoms with Gasteiger partial charge in [0.15, 0.2) is 0 Å². The smallest absolute Gasteiger partial charge is 0.337 e. The summed E-state index contributed by atoms with van der Waals surface area (Å²) in [6.07, 6.45) is 0. The second-order valence-electron chi connectivity index (χ2n) is 2.30. The first-order valence-corrected chi connectivity index (χ1v) is 4.55. The second-order valence-corrected chi connectivity index (χ2v) is 3.46. The van der Waals surface area contributed by atoms with E-state index in [4.69, 9.17) is 5.26 Å². The summed E-state index contributed by atoms with van der Waals surface area (Å²) >= 11 is 2.01. The van der Waals surface area contributed by atoms with Crippen LogP contribution in [0.15, 0.2) is 18.2 Å². The van der Waals surface area contributed by atoms with Crippen molar-refractivity contribution in [3.63, 3.8) is 0 Å². The van der Waals surface area contributed by atoms with E-state index in [-0.39, 0.29) is 5.97 Å². The number of esters is 1. The Morgan fingerprint density at radius 3 is 2.77 bits per heavy atom. The van der Waals surface area contributed by atoms with Crippen molar-refractivity contribution >= 4 is 28.6 Å². The summed E-state index contributed by atoms with van der Waals surface area (Å²) < 4.78 is 5.29. The van der Waals surface area contributed by atoms with Crippen LogP contribution in [0.2, 0.25) is 0 Å². The second kappa shape index (κ2) is 4.23. The SMILES string of the molecule is COC(=O)c1ccc(C#N)c(I)c1. The Morgan fingerprint density at radius 1 is 1.62 bits per heavy atom. The van der Waals surface area contributed by atoms with Gasteiger partial charge >= 0.3 is 5.97 Å². The van der Waals surface area contributed by atoms with Crippen LogP contribution in [0.5, 0.6) is 0 Å². The number of carbonyl (C=O) groups excluding carboxylic acids is 1. The van der Waals surface area contributed by atoms with Gasteiger partial charge in [-0.25, -0.2) is 4.79 Å². The largest absolute Gasteiger partial charge is 0.465 e. The van der Waals surface area contributed by atoms with Crippen LogP contribution in [0.1, 0.15) is 15.9 Å². The van der Waals surface area contributed by atoms with Crippen molar-refractivity contribution in [3.8, 4) is 6.07 Å². The maximum absolute atomic E-state index is 11.1. The van der Waals surface area contributed by atoms with Gasteiger partial charge < -0.3 is 4.74 Å². The molecule has 0 aromatic heterocycles. The molecule has 0 radical (unpaired) electrons. The fraction of sp³-hybridized carbons (Fsp3) is 0.111. The van der Waals surface area contributed by atoms with Gasteiger partial charge in [-0.2, -0.15) is 5.26 Å². The lowest BCUT2D eigenvalue weighted by atomic mass is 10.1. The predicted octanol–water partition coefficient (Wildman–Crippen LogP) is 1.95. The maximum Gasteiger partial charge on any atom is 0.337 e. The molecular weight excluding hydrogens is 281 g/mol. The molecule has 0 aliphatic carbocycles. The number of nitriles is 1. The Hall–Kier alpha value is -1.09. The van der Waals surface area contributed by atoms with Crippen LogP contribution in [0, 0.1) is 14.9 Å². The van der Waals surface area contributed by atoms with E-state index in [1.165, 1.54) is 7.11 Å². The molecular formula is C9H6INO2. The van der Waals surface area contributed by atoms with Gasteiger partial charge in [-0.1, -0.05) is 0 Å². The fourth-order valence-corrected chi connectivity index (χ4v) is 1.49. The van der Waals surface area contributed by atoms with E-state index < -0.39 is 0 Å². The molecule has 4 heteroatoms. The summed E-state index contributed by atoms with van der Waals surface area (Å²) in [5.41, 5.74) is 1.03. The summed E-state index contributed by atoms with van der Waals surface area (Å²) in [5.74, 6) is -0.387. The number of ether oxygens (including phenoxy) is 1. The quantitative estimate of drug-likeness (QED) is 0.586. The molecule has 1 aromatic rings. The molecule has 0 atom stereocenters. The zero-order chi connectivity index (χ0) is 9.84. The summed E-state index contributed by atoms with van der Waals surface area (Å²) in [5, 5.41) is 8.63. The molecule has 0 spiro atoms. The highest BCUT2D eigenvalue weighted by atomic mass is 127. The molecule has 0 heterocycles. The van der Waals surface area contributed by atoms with Crippen LogP contribution in [-0.4, -0.2) is 13.1 Å². The van der Waals surface area contributed by atoms with Gasteiger partial charge in [0.05, 0.1) is 18.2 Å². The maximum atomic E-state index is 11.1. The third-order valence-electron chi connectivity index (χ3n) is 1.51.